The first-order valence-corrected chi connectivity index (χ1v) is 7.84. The van der Waals surface area contributed by atoms with Gasteiger partial charge in [-0.2, -0.15) is 0 Å². The average Bonchev–Trinajstić information content (AvgIpc) is 2.66. The zero-order valence-corrected chi connectivity index (χ0v) is 13.8. The quantitative estimate of drug-likeness (QED) is 0.884. The molecule has 0 aromatic carbocycles. The Morgan fingerprint density at radius 2 is 2.10 bits per heavy atom. The molecule has 7 heteroatoms. The Morgan fingerprint density at radius 3 is 2.71 bits per heavy atom. The van der Waals surface area contributed by atoms with E-state index in [1.807, 2.05) is 20.8 Å². The molecule has 1 aromatic heterocycles. The van der Waals surface area contributed by atoms with Crippen LogP contribution in [0.2, 0.25) is 0 Å². The summed E-state index contributed by atoms with van der Waals surface area (Å²) in [6.07, 6.45) is 0.814. The zero-order chi connectivity index (χ0) is 15.6. The molecule has 0 aliphatic carbocycles. The van der Waals surface area contributed by atoms with Gasteiger partial charge >= 0.3 is 0 Å². The molecule has 0 spiro atoms. The predicted octanol–water partition coefficient (Wildman–Crippen LogP) is 1.37. The maximum absolute atomic E-state index is 12.0. The van der Waals surface area contributed by atoms with Gasteiger partial charge in [0.1, 0.15) is 0 Å². The van der Waals surface area contributed by atoms with Gasteiger partial charge < -0.3 is 10.6 Å². The highest BCUT2D eigenvalue weighted by Gasteiger charge is 2.23. The third-order valence-corrected chi connectivity index (χ3v) is 3.97. The second-order valence-corrected chi connectivity index (χ2v) is 7.41. The third kappa shape index (κ3) is 4.78. The molecule has 0 fully saturated rings. The number of nitrogens with one attached hydrogen (secondary N) is 2. The number of rotatable bonds is 3. The molecule has 1 aliphatic heterocycles. The molecule has 2 rings (SSSR count). The second-order valence-electron chi connectivity index (χ2n) is 6.33. The summed E-state index contributed by atoms with van der Waals surface area (Å²) < 4.78 is 0. The van der Waals surface area contributed by atoms with Crippen LogP contribution < -0.4 is 10.6 Å². The smallest absolute Gasteiger partial charge is 0.234 e. The van der Waals surface area contributed by atoms with Gasteiger partial charge in [-0.15, -0.1) is 11.3 Å². The summed E-state index contributed by atoms with van der Waals surface area (Å²) in [5.41, 5.74) is 0.831. The maximum atomic E-state index is 12.0. The lowest BCUT2D eigenvalue weighted by atomic mass is 10.1. The first-order chi connectivity index (χ1) is 9.73. The zero-order valence-electron chi connectivity index (χ0n) is 12.9. The van der Waals surface area contributed by atoms with Crippen LogP contribution in [0.4, 0.5) is 5.13 Å². The van der Waals surface area contributed by atoms with E-state index in [4.69, 9.17) is 0 Å². The number of fused-ring (bicyclic) bond motifs is 1. The Balaban J connectivity index is 1.94. The number of nitrogens with zero attached hydrogens (tertiary/aromatic N) is 2. The number of hydrogen-bond donors (Lipinski definition) is 2. The Kier molecular flexibility index (Phi) is 4.63. The van der Waals surface area contributed by atoms with Crippen molar-refractivity contribution < 1.29 is 9.59 Å². The van der Waals surface area contributed by atoms with Crippen molar-refractivity contribution >= 4 is 28.3 Å². The van der Waals surface area contributed by atoms with Crippen LogP contribution in [0.15, 0.2) is 0 Å². The molecule has 0 atom stereocenters. The van der Waals surface area contributed by atoms with Crippen LogP contribution in [0.1, 0.15) is 38.3 Å². The van der Waals surface area contributed by atoms with Crippen molar-refractivity contribution in [2.24, 2.45) is 0 Å². The monoisotopic (exact) mass is 310 g/mol. The van der Waals surface area contributed by atoms with Crippen molar-refractivity contribution in [1.29, 1.82) is 0 Å². The average molecular weight is 310 g/mol. The minimum Gasteiger partial charge on any atom is -0.350 e. The number of amides is 2. The molecule has 0 radical (unpaired) electrons. The van der Waals surface area contributed by atoms with Crippen LogP contribution >= 0.6 is 11.3 Å². The van der Waals surface area contributed by atoms with Crippen molar-refractivity contribution in [2.75, 3.05) is 18.4 Å². The molecular weight excluding hydrogens is 288 g/mol. The fraction of sp³-hybridized carbons (Fsp3) is 0.643. The molecule has 116 valence electrons. The fourth-order valence-electron chi connectivity index (χ4n) is 2.25. The molecule has 21 heavy (non-hydrogen) atoms. The Morgan fingerprint density at radius 1 is 1.38 bits per heavy atom. The maximum Gasteiger partial charge on any atom is 0.234 e. The SMILES string of the molecule is CC(=O)Nc1nc2c(s1)CN(CC(=O)NC(C)(C)C)CC2. The highest BCUT2D eigenvalue weighted by atomic mass is 32.1. The highest BCUT2D eigenvalue weighted by molar-refractivity contribution is 7.15. The number of hydrogen-bond acceptors (Lipinski definition) is 5. The van der Waals surface area contributed by atoms with Crippen LogP contribution in [-0.4, -0.2) is 40.3 Å². The number of anilines is 1. The van der Waals surface area contributed by atoms with E-state index < -0.39 is 0 Å². The number of carbonyl (C=O) groups is 2. The molecule has 0 unspecified atom stereocenters. The highest BCUT2D eigenvalue weighted by Crippen LogP contribution is 2.28. The first-order valence-electron chi connectivity index (χ1n) is 7.02. The summed E-state index contributed by atoms with van der Waals surface area (Å²) in [4.78, 5) is 30.7. The molecule has 1 aromatic rings. The number of aromatic nitrogens is 1. The lowest BCUT2D eigenvalue weighted by Gasteiger charge is -2.27. The molecule has 2 amide bonds. The predicted molar refractivity (Wildman–Crippen MR) is 83.3 cm³/mol. The fourth-order valence-corrected chi connectivity index (χ4v) is 3.34. The van der Waals surface area contributed by atoms with E-state index >= 15 is 0 Å². The van der Waals surface area contributed by atoms with Crippen molar-refractivity contribution in [2.45, 2.75) is 46.2 Å². The lowest BCUT2D eigenvalue weighted by Crippen LogP contribution is -2.46. The van der Waals surface area contributed by atoms with Crippen LogP contribution in [0.25, 0.3) is 0 Å². The van der Waals surface area contributed by atoms with Gasteiger partial charge in [0.15, 0.2) is 5.13 Å². The minimum absolute atomic E-state index is 0.0394. The molecule has 0 saturated heterocycles. The van der Waals surface area contributed by atoms with Crippen molar-refractivity contribution in [1.82, 2.24) is 15.2 Å². The summed E-state index contributed by atoms with van der Waals surface area (Å²) in [6, 6.07) is 0. The van der Waals surface area contributed by atoms with Crippen molar-refractivity contribution in [3.8, 4) is 0 Å². The van der Waals surface area contributed by atoms with E-state index in [0.29, 0.717) is 18.2 Å². The van der Waals surface area contributed by atoms with Gasteiger partial charge in [0.25, 0.3) is 0 Å². The molecule has 2 N–H and O–H groups in total. The third-order valence-electron chi connectivity index (χ3n) is 2.97. The van der Waals surface area contributed by atoms with Gasteiger partial charge in [-0.3, -0.25) is 14.5 Å². The van der Waals surface area contributed by atoms with E-state index in [0.717, 1.165) is 23.5 Å². The summed E-state index contributed by atoms with van der Waals surface area (Å²) in [5.74, 6) is -0.0694. The first kappa shape index (κ1) is 15.9. The molecule has 1 aliphatic rings. The van der Waals surface area contributed by atoms with E-state index in [9.17, 15) is 9.59 Å². The number of carbonyl (C=O) groups excluding carboxylic acids is 2. The largest absolute Gasteiger partial charge is 0.350 e. The standard InChI is InChI=1S/C14H22N4O2S/c1-9(19)15-13-16-10-5-6-18(7-11(10)21-13)8-12(20)17-14(2,3)4/h5-8H2,1-4H3,(H,17,20)(H,15,16,19). The topological polar surface area (TPSA) is 74.3 Å². The van der Waals surface area contributed by atoms with Crippen LogP contribution in [0, 0.1) is 0 Å². The molecule has 6 nitrogen and oxygen atoms in total. The van der Waals surface area contributed by atoms with Crippen LogP contribution in [0.3, 0.4) is 0 Å². The van der Waals surface area contributed by atoms with Gasteiger partial charge in [0, 0.05) is 36.9 Å². The minimum atomic E-state index is -0.207. The Hall–Kier alpha value is -1.47. The van der Waals surface area contributed by atoms with E-state index in [1.165, 1.54) is 18.3 Å². The van der Waals surface area contributed by atoms with E-state index in [2.05, 4.69) is 20.5 Å². The molecule has 0 saturated carbocycles. The molecule has 2 heterocycles. The Labute approximate surface area is 128 Å². The van der Waals surface area contributed by atoms with Gasteiger partial charge in [0.05, 0.1) is 12.2 Å². The summed E-state index contributed by atoms with van der Waals surface area (Å²) in [5, 5.41) is 6.34. The summed E-state index contributed by atoms with van der Waals surface area (Å²) in [6.45, 7) is 9.32. The van der Waals surface area contributed by atoms with Crippen molar-refractivity contribution in [3.05, 3.63) is 10.6 Å². The molecular formula is C14H22N4O2S. The summed E-state index contributed by atoms with van der Waals surface area (Å²) >= 11 is 1.49. The van der Waals surface area contributed by atoms with Gasteiger partial charge in [-0.1, -0.05) is 0 Å². The second kappa shape index (κ2) is 6.11. The van der Waals surface area contributed by atoms with Crippen LogP contribution in [-0.2, 0) is 22.6 Å². The van der Waals surface area contributed by atoms with Gasteiger partial charge in [0.2, 0.25) is 11.8 Å². The normalized spacial score (nSPS) is 15.4. The number of thiazole rings is 1. The van der Waals surface area contributed by atoms with Crippen molar-refractivity contribution in [3.63, 3.8) is 0 Å². The van der Waals surface area contributed by atoms with E-state index in [-0.39, 0.29) is 17.4 Å². The van der Waals surface area contributed by atoms with Gasteiger partial charge in [-0.05, 0) is 20.8 Å². The molecule has 0 bridgehead atoms. The Bertz CT molecular complexity index is 548. The van der Waals surface area contributed by atoms with Crippen LogP contribution in [0.5, 0.6) is 0 Å². The van der Waals surface area contributed by atoms with Gasteiger partial charge in [-0.25, -0.2) is 4.98 Å². The van der Waals surface area contributed by atoms with E-state index in [1.54, 1.807) is 0 Å². The summed E-state index contributed by atoms with van der Waals surface area (Å²) in [7, 11) is 0. The lowest BCUT2D eigenvalue weighted by molar-refractivity contribution is -0.123.